The van der Waals surface area contributed by atoms with Crippen molar-refractivity contribution >= 4 is 11.8 Å². The molecule has 0 aliphatic heterocycles. The highest BCUT2D eigenvalue weighted by molar-refractivity contribution is 7.98. The lowest BCUT2D eigenvalue weighted by molar-refractivity contribution is 0.505. The van der Waals surface area contributed by atoms with E-state index in [1.165, 1.54) is 19.1 Å². The van der Waals surface area contributed by atoms with Crippen LogP contribution in [0.25, 0.3) is 11.3 Å². The average molecular weight is 293 g/mol. The fraction of sp³-hybridized carbons (Fsp3) is 0.154. The minimum atomic E-state index is -1.12. The topological polar surface area (TPSA) is 69.5 Å². The summed E-state index contributed by atoms with van der Waals surface area (Å²) in [5, 5.41) is 9.23. The number of H-pyrrole nitrogens is 1. The van der Waals surface area contributed by atoms with Gasteiger partial charge in [-0.1, -0.05) is 17.8 Å². The van der Waals surface area contributed by atoms with Gasteiger partial charge in [-0.05, 0) is 24.8 Å². The van der Waals surface area contributed by atoms with Crippen LogP contribution in [0.4, 0.5) is 8.78 Å². The molecule has 0 radical (unpaired) electrons. The third-order valence-corrected chi connectivity index (χ3v) is 3.31. The van der Waals surface area contributed by atoms with Crippen molar-refractivity contribution < 1.29 is 8.78 Å². The Bertz CT molecular complexity index is 780. The standard InChI is InChI=1S/C13H9F2N3OS/c1-6-3-4-7(10(15)9(6)14)11-8(5-16)12(19)18-13(17-11)20-2/h3-4H,1-2H3,(H,17,18,19). The van der Waals surface area contributed by atoms with Crippen LogP contribution in [0.15, 0.2) is 22.1 Å². The van der Waals surface area contributed by atoms with Crippen molar-refractivity contribution in [3.63, 3.8) is 0 Å². The molecule has 0 unspecified atom stereocenters. The predicted octanol–water partition coefficient (Wildman–Crippen LogP) is 2.62. The van der Waals surface area contributed by atoms with Crippen molar-refractivity contribution in [2.24, 2.45) is 0 Å². The zero-order chi connectivity index (χ0) is 14.9. The van der Waals surface area contributed by atoms with Gasteiger partial charge in [-0.2, -0.15) is 5.26 Å². The molecule has 2 aromatic rings. The number of benzene rings is 1. The van der Waals surface area contributed by atoms with Gasteiger partial charge in [0.05, 0.1) is 5.69 Å². The Hall–Kier alpha value is -2.20. The molecule has 7 heteroatoms. The second kappa shape index (κ2) is 5.43. The molecule has 0 bridgehead atoms. The molecule has 1 aromatic heterocycles. The first-order chi connectivity index (χ1) is 9.49. The van der Waals surface area contributed by atoms with E-state index in [0.29, 0.717) is 0 Å². The summed E-state index contributed by atoms with van der Waals surface area (Å²) in [6, 6.07) is 4.35. The van der Waals surface area contributed by atoms with Crippen molar-refractivity contribution in [3.8, 4) is 17.3 Å². The second-order valence-corrected chi connectivity index (χ2v) is 4.76. The van der Waals surface area contributed by atoms with Gasteiger partial charge in [-0.3, -0.25) is 4.79 Å². The molecule has 0 aliphatic carbocycles. The Morgan fingerprint density at radius 3 is 2.65 bits per heavy atom. The van der Waals surface area contributed by atoms with Crippen molar-refractivity contribution in [1.82, 2.24) is 9.97 Å². The fourth-order valence-electron chi connectivity index (χ4n) is 1.68. The van der Waals surface area contributed by atoms with Gasteiger partial charge < -0.3 is 4.98 Å². The Kier molecular flexibility index (Phi) is 3.86. The quantitative estimate of drug-likeness (QED) is 0.682. The molecular formula is C13H9F2N3OS. The number of rotatable bonds is 2. The third-order valence-electron chi connectivity index (χ3n) is 2.73. The maximum atomic E-state index is 14.0. The molecule has 0 fully saturated rings. The van der Waals surface area contributed by atoms with E-state index in [4.69, 9.17) is 5.26 Å². The maximum absolute atomic E-state index is 14.0. The lowest BCUT2D eigenvalue weighted by Crippen LogP contribution is -2.15. The third kappa shape index (κ3) is 2.30. The number of aryl methyl sites for hydroxylation is 1. The summed E-state index contributed by atoms with van der Waals surface area (Å²) in [7, 11) is 0. The molecule has 1 N–H and O–H groups in total. The Morgan fingerprint density at radius 2 is 2.05 bits per heavy atom. The fourth-order valence-corrected chi connectivity index (χ4v) is 2.05. The van der Waals surface area contributed by atoms with Gasteiger partial charge in [0.2, 0.25) is 0 Å². The molecule has 20 heavy (non-hydrogen) atoms. The minimum Gasteiger partial charge on any atom is -0.300 e. The van der Waals surface area contributed by atoms with Crippen LogP contribution in [-0.4, -0.2) is 16.2 Å². The second-order valence-electron chi connectivity index (χ2n) is 3.97. The molecule has 0 spiro atoms. The van der Waals surface area contributed by atoms with Crippen molar-refractivity contribution in [3.05, 3.63) is 45.2 Å². The van der Waals surface area contributed by atoms with Crippen LogP contribution in [-0.2, 0) is 0 Å². The summed E-state index contributed by atoms with van der Waals surface area (Å²) in [5.74, 6) is -2.13. The number of aromatic amines is 1. The van der Waals surface area contributed by atoms with Gasteiger partial charge in [-0.25, -0.2) is 13.8 Å². The van der Waals surface area contributed by atoms with Crippen molar-refractivity contribution in [1.29, 1.82) is 5.26 Å². The Balaban J connectivity index is 2.82. The van der Waals surface area contributed by atoms with Crippen LogP contribution in [0, 0.1) is 29.9 Å². The lowest BCUT2D eigenvalue weighted by atomic mass is 10.0. The zero-order valence-electron chi connectivity index (χ0n) is 10.6. The average Bonchev–Trinajstić information content (AvgIpc) is 2.44. The van der Waals surface area contributed by atoms with E-state index in [2.05, 4.69) is 9.97 Å². The summed E-state index contributed by atoms with van der Waals surface area (Å²) in [6.07, 6.45) is 1.67. The van der Waals surface area contributed by atoms with Gasteiger partial charge >= 0.3 is 0 Å². The Labute approximate surface area is 117 Å². The van der Waals surface area contributed by atoms with Crippen LogP contribution >= 0.6 is 11.8 Å². The number of hydrogen-bond acceptors (Lipinski definition) is 4. The highest BCUT2D eigenvalue weighted by Crippen LogP contribution is 2.26. The van der Waals surface area contributed by atoms with Crippen LogP contribution in [0.3, 0.4) is 0 Å². The monoisotopic (exact) mass is 293 g/mol. The lowest BCUT2D eigenvalue weighted by Gasteiger charge is -2.08. The highest BCUT2D eigenvalue weighted by atomic mass is 32.2. The number of nitrogens with zero attached hydrogens (tertiary/aromatic N) is 2. The Morgan fingerprint density at radius 1 is 1.35 bits per heavy atom. The smallest absolute Gasteiger partial charge is 0.270 e. The molecule has 0 saturated heterocycles. The molecule has 1 heterocycles. The summed E-state index contributed by atoms with van der Waals surface area (Å²) < 4.78 is 27.6. The molecule has 2 rings (SSSR count). The highest BCUT2D eigenvalue weighted by Gasteiger charge is 2.19. The predicted molar refractivity (Wildman–Crippen MR) is 71.4 cm³/mol. The van der Waals surface area contributed by atoms with Gasteiger partial charge in [0.25, 0.3) is 5.56 Å². The summed E-state index contributed by atoms with van der Waals surface area (Å²) >= 11 is 1.13. The van der Waals surface area contributed by atoms with Crippen LogP contribution in [0.5, 0.6) is 0 Å². The first kappa shape index (κ1) is 14.2. The summed E-state index contributed by atoms with van der Waals surface area (Å²) in [6.45, 7) is 1.42. The van der Waals surface area contributed by atoms with E-state index in [-0.39, 0.29) is 27.5 Å². The molecule has 0 saturated carbocycles. The summed E-state index contributed by atoms with van der Waals surface area (Å²) in [4.78, 5) is 18.1. The van der Waals surface area contributed by atoms with Crippen LogP contribution in [0.2, 0.25) is 0 Å². The van der Waals surface area contributed by atoms with E-state index in [1.807, 2.05) is 0 Å². The van der Waals surface area contributed by atoms with Crippen LogP contribution in [0.1, 0.15) is 11.1 Å². The minimum absolute atomic E-state index is 0.139. The van der Waals surface area contributed by atoms with Crippen molar-refractivity contribution in [2.75, 3.05) is 6.26 Å². The number of thioether (sulfide) groups is 1. The van der Waals surface area contributed by atoms with Gasteiger partial charge in [0.15, 0.2) is 16.8 Å². The molecule has 0 aliphatic rings. The van der Waals surface area contributed by atoms with E-state index in [9.17, 15) is 13.6 Å². The van der Waals surface area contributed by atoms with Crippen molar-refractivity contribution in [2.45, 2.75) is 12.1 Å². The SMILES string of the molecule is CSc1nc(-c2ccc(C)c(F)c2F)c(C#N)c(=O)[nH]1. The van der Waals surface area contributed by atoms with E-state index >= 15 is 0 Å². The van der Waals surface area contributed by atoms with E-state index in [1.54, 1.807) is 12.3 Å². The number of nitriles is 1. The molecule has 0 atom stereocenters. The number of nitrogens with one attached hydrogen (secondary N) is 1. The molecule has 0 amide bonds. The number of halogens is 2. The first-order valence-corrected chi connectivity index (χ1v) is 6.75. The normalized spacial score (nSPS) is 10.3. The molecule has 1 aromatic carbocycles. The van der Waals surface area contributed by atoms with E-state index < -0.39 is 17.2 Å². The first-order valence-electron chi connectivity index (χ1n) is 5.53. The largest absolute Gasteiger partial charge is 0.300 e. The number of aromatic nitrogens is 2. The molecular weight excluding hydrogens is 284 g/mol. The van der Waals surface area contributed by atoms with Crippen LogP contribution < -0.4 is 5.56 Å². The van der Waals surface area contributed by atoms with Gasteiger partial charge in [-0.15, -0.1) is 0 Å². The zero-order valence-corrected chi connectivity index (χ0v) is 11.4. The molecule has 4 nitrogen and oxygen atoms in total. The summed E-state index contributed by atoms with van der Waals surface area (Å²) in [5.41, 5.74) is -1.24. The van der Waals surface area contributed by atoms with Gasteiger partial charge in [0.1, 0.15) is 11.6 Å². The van der Waals surface area contributed by atoms with E-state index in [0.717, 1.165) is 11.8 Å². The maximum Gasteiger partial charge on any atom is 0.270 e. The molecule has 102 valence electrons. The van der Waals surface area contributed by atoms with Gasteiger partial charge in [0, 0.05) is 5.56 Å². The number of hydrogen-bond donors (Lipinski definition) is 1.